The van der Waals surface area contributed by atoms with E-state index in [9.17, 15) is 9.59 Å². The highest BCUT2D eigenvalue weighted by Gasteiger charge is 2.26. The van der Waals surface area contributed by atoms with Crippen molar-refractivity contribution in [3.05, 3.63) is 59.7 Å². The molecule has 4 rings (SSSR count). The number of urea groups is 1. The zero-order valence-corrected chi connectivity index (χ0v) is 18.9. The molecule has 1 atom stereocenters. The monoisotopic (exact) mass is 436 g/mol. The number of benzene rings is 2. The lowest BCUT2D eigenvalue weighted by Gasteiger charge is -2.36. The third-order valence-electron chi connectivity index (χ3n) is 6.51. The number of anilines is 1. The van der Waals surface area contributed by atoms with Gasteiger partial charge >= 0.3 is 6.03 Å². The van der Waals surface area contributed by atoms with E-state index in [0.717, 1.165) is 55.0 Å². The second-order valence-corrected chi connectivity index (χ2v) is 8.45. The van der Waals surface area contributed by atoms with Crippen molar-refractivity contribution < 1.29 is 14.3 Å². The van der Waals surface area contributed by atoms with E-state index in [1.165, 1.54) is 0 Å². The Kier molecular flexibility index (Phi) is 6.83. The van der Waals surface area contributed by atoms with E-state index in [1.54, 1.807) is 14.2 Å². The molecule has 1 N–H and O–H groups in total. The summed E-state index contributed by atoms with van der Waals surface area (Å²) in [6, 6.07) is 16.0. The van der Waals surface area contributed by atoms with Crippen LogP contribution in [0.4, 0.5) is 10.5 Å². The first kappa shape index (κ1) is 22.0. The lowest BCUT2D eigenvalue weighted by molar-refractivity contribution is 0.0746. The number of rotatable bonds is 4. The number of carbonyl (C=O) groups is 2. The van der Waals surface area contributed by atoms with Crippen LogP contribution in [0.2, 0.25) is 0 Å². The summed E-state index contributed by atoms with van der Waals surface area (Å²) >= 11 is 0. The number of carbonyl (C=O) groups excluding carboxylic acids is 2. The van der Waals surface area contributed by atoms with Crippen LogP contribution in [-0.4, -0.2) is 75.2 Å². The van der Waals surface area contributed by atoms with Gasteiger partial charge in [-0.3, -0.25) is 4.79 Å². The summed E-state index contributed by atoms with van der Waals surface area (Å²) in [6.45, 7) is 4.44. The second kappa shape index (κ2) is 9.94. The first-order chi connectivity index (χ1) is 15.6. The van der Waals surface area contributed by atoms with Gasteiger partial charge in [0, 0.05) is 69.6 Å². The van der Waals surface area contributed by atoms with Gasteiger partial charge in [-0.05, 0) is 42.7 Å². The molecule has 0 radical (unpaired) electrons. The molecule has 2 aliphatic rings. The Morgan fingerprint density at radius 1 is 0.969 bits per heavy atom. The minimum absolute atomic E-state index is 0.0316. The molecule has 2 aliphatic heterocycles. The summed E-state index contributed by atoms with van der Waals surface area (Å²) in [5.41, 5.74) is 2.99. The van der Waals surface area contributed by atoms with Crippen molar-refractivity contribution in [3.63, 3.8) is 0 Å². The van der Waals surface area contributed by atoms with Crippen LogP contribution in [0.15, 0.2) is 48.5 Å². The highest BCUT2D eigenvalue weighted by atomic mass is 16.5. The van der Waals surface area contributed by atoms with Crippen molar-refractivity contribution in [1.29, 1.82) is 0 Å². The molecule has 2 fully saturated rings. The molecule has 7 heteroatoms. The zero-order valence-electron chi connectivity index (χ0n) is 18.9. The summed E-state index contributed by atoms with van der Waals surface area (Å²) in [4.78, 5) is 31.3. The molecule has 0 spiro atoms. The number of hydrogen-bond donors (Lipinski definition) is 1. The van der Waals surface area contributed by atoms with Crippen molar-refractivity contribution in [2.24, 2.45) is 0 Å². The maximum atomic E-state index is 13.2. The average Bonchev–Trinajstić information content (AvgIpc) is 2.88. The Balaban J connectivity index is 1.39. The van der Waals surface area contributed by atoms with Gasteiger partial charge in [-0.25, -0.2) is 4.79 Å². The van der Waals surface area contributed by atoms with Crippen molar-refractivity contribution in [2.45, 2.75) is 18.8 Å². The van der Waals surface area contributed by atoms with Crippen LogP contribution in [0.5, 0.6) is 5.75 Å². The Morgan fingerprint density at radius 2 is 1.75 bits per heavy atom. The number of amides is 3. The predicted molar refractivity (Wildman–Crippen MR) is 126 cm³/mol. The molecular formula is C25H32N4O3. The molecule has 0 saturated carbocycles. The third-order valence-corrected chi connectivity index (χ3v) is 6.51. The molecule has 0 aromatic heterocycles. The van der Waals surface area contributed by atoms with E-state index in [-0.39, 0.29) is 17.9 Å². The Bertz CT molecular complexity index is 956. The molecule has 0 bridgehead atoms. The summed E-state index contributed by atoms with van der Waals surface area (Å²) in [7, 11) is 3.34. The lowest BCUT2D eigenvalue weighted by Crippen LogP contribution is -2.48. The molecule has 32 heavy (non-hydrogen) atoms. The minimum Gasteiger partial charge on any atom is -0.497 e. The number of likely N-dealkylation sites (tertiary alicyclic amines) is 1. The number of methoxy groups -OCH3 is 1. The van der Waals surface area contributed by atoms with E-state index in [1.807, 2.05) is 46.2 Å². The average molecular weight is 437 g/mol. The Morgan fingerprint density at radius 3 is 2.50 bits per heavy atom. The van der Waals surface area contributed by atoms with E-state index in [2.05, 4.69) is 22.3 Å². The van der Waals surface area contributed by atoms with Crippen molar-refractivity contribution in [1.82, 2.24) is 15.1 Å². The third kappa shape index (κ3) is 4.82. The minimum atomic E-state index is -0.0316. The van der Waals surface area contributed by atoms with Gasteiger partial charge in [0.15, 0.2) is 0 Å². The molecule has 7 nitrogen and oxygen atoms in total. The maximum absolute atomic E-state index is 13.2. The van der Waals surface area contributed by atoms with Crippen LogP contribution in [0.3, 0.4) is 0 Å². The normalized spacial score (nSPS) is 18.9. The number of piperidine rings is 1. The number of hydrogen-bond acceptors (Lipinski definition) is 4. The topological polar surface area (TPSA) is 65.1 Å². The molecular weight excluding hydrogens is 404 g/mol. The predicted octanol–water partition coefficient (Wildman–Crippen LogP) is 3.18. The molecule has 2 aromatic rings. The van der Waals surface area contributed by atoms with Crippen LogP contribution >= 0.6 is 0 Å². The summed E-state index contributed by atoms with van der Waals surface area (Å²) in [5, 5.41) is 2.72. The van der Waals surface area contributed by atoms with E-state index in [4.69, 9.17) is 4.74 Å². The molecule has 3 amide bonds. The van der Waals surface area contributed by atoms with Crippen LogP contribution in [-0.2, 0) is 0 Å². The lowest BCUT2D eigenvalue weighted by atomic mass is 9.89. The quantitative estimate of drug-likeness (QED) is 0.800. The standard InChI is InChI=1S/C25H32N4O3/c1-26-25(31)29-11-5-8-21(18-29)19-6-3-7-20(16-19)24(30)28-14-12-27(13-15-28)22-9-4-10-23(17-22)32-2/h3-4,6-7,9-10,16-17,21H,5,8,11-15,18H2,1-2H3,(H,26,31)/t21-/m1/s1. The van der Waals surface area contributed by atoms with Gasteiger partial charge in [0.2, 0.25) is 0 Å². The van der Waals surface area contributed by atoms with Crippen molar-refractivity contribution >= 4 is 17.6 Å². The Hall–Kier alpha value is -3.22. The highest BCUT2D eigenvalue weighted by molar-refractivity contribution is 5.94. The van der Waals surface area contributed by atoms with Crippen LogP contribution in [0, 0.1) is 0 Å². The van der Waals surface area contributed by atoms with Crippen LogP contribution in [0.25, 0.3) is 0 Å². The van der Waals surface area contributed by atoms with Gasteiger partial charge in [-0.15, -0.1) is 0 Å². The maximum Gasteiger partial charge on any atom is 0.317 e. The number of piperazine rings is 1. The zero-order chi connectivity index (χ0) is 22.5. The smallest absolute Gasteiger partial charge is 0.317 e. The fraction of sp³-hybridized carbons (Fsp3) is 0.440. The fourth-order valence-corrected chi connectivity index (χ4v) is 4.67. The Labute approximate surface area is 189 Å². The van der Waals surface area contributed by atoms with E-state index >= 15 is 0 Å². The van der Waals surface area contributed by atoms with Crippen LogP contribution < -0.4 is 15.0 Å². The first-order valence-electron chi connectivity index (χ1n) is 11.3. The fourth-order valence-electron chi connectivity index (χ4n) is 4.67. The van der Waals surface area contributed by atoms with Gasteiger partial charge in [0.1, 0.15) is 5.75 Å². The van der Waals surface area contributed by atoms with Gasteiger partial charge in [0.05, 0.1) is 7.11 Å². The summed E-state index contributed by atoms with van der Waals surface area (Å²) < 4.78 is 5.33. The van der Waals surface area contributed by atoms with Crippen LogP contribution in [0.1, 0.15) is 34.7 Å². The van der Waals surface area contributed by atoms with E-state index in [0.29, 0.717) is 19.6 Å². The number of nitrogens with zero attached hydrogens (tertiary/aromatic N) is 3. The SMILES string of the molecule is CNC(=O)N1CCC[C@@H](c2cccc(C(=O)N3CCN(c4cccc(OC)c4)CC3)c2)C1. The summed E-state index contributed by atoms with van der Waals surface area (Å²) in [6.07, 6.45) is 2.01. The molecule has 170 valence electrons. The summed E-state index contributed by atoms with van der Waals surface area (Å²) in [5.74, 6) is 1.19. The first-order valence-corrected chi connectivity index (χ1v) is 11.3. The largest absolute Gasteiger partial charge is 0.497 e. The second-order valence-electron chi connectivity index (χ2n) is 8.45. The number of ether oxygens (including phenoxy) is 1. The molecule has 0 aliphatic carbocycles. The van der Waals surface area contributed by atoms with Crippen molar-refractivity contribution in [2.75, 3.05) is 58.3 Å². The van der Waals surface area contributed by atoms with Gasteiger partial charge < -0.3 is 24.8 Å². The van der Waals surface area contributed by atoms with Crippen molar-refractivity contribution in [3.8, 4) is 5.75 Å². The van der Waals surface area contributed by atoms with Gasteiger partial charge in [-0.2, -0.15) is 0 Å². The molecule has 2 saturated heterocycles. The molecule has 2 heterocycles. The highest BCUT2D eigenvalue weighted by Crippen LogP contribution is 2.28. The number of nitrogens with one attached hydrogen (secondary N) is 1. The molecule has 2 aromatic carbocycles. The van der Waals surface area contributed by atoms with Gasteiger partial charge in [-0.1, -0.05) is 18.2 Å². The molecule has 0 unspecified atom stereocenters. The van der Waals surface area contributed by atoms with E-state index < -0.39 is 0 Å². The van der Waals surface area contributed by atoms with Gasteiger partial charge in [0.25, 0.3) is 5.91 Å².